The van der Waals surface area contributed by atoms with Crippen molar-refractivity contribution in [1.82, 2.24) is 20.0 Å². The van der Waals surface area contributed by atoms with E-state index < -0.39 is 0 Å². The Hall–Kier alpha value is -4.07. The van der Waals surface area contributed by atoms with Gasteiger partial charge in [-0.3, -0.25) is 4.79 Å². The van der Waals surface area contributed by atoms with Gasteiger partial charge < -0.3 is 14.7 Å². The van der Waals surface area contributed by atoms with Crippen LogP contribution in [0.1, 0.15) is 33.0 Å². The van der Waals surface area contributed by atoms with E-state index in [4.69, 9.17) is 4.52 Å². The number of amides is 1. The molecule has 2 aromatic carbocycles. The lowest BCUT2D eigenvalue weighted by atomic mass is 10.0. The fourth-order valence-corrected chi connectivity index (χ4v) is 4.04. The monoisotopic (exact) mass is 443 g/mol. The molecule has 1 N–H and O–H groups in total. The molecule has 0 unspecified atom stereocenters. The maximum atomic E-state index is 13.3. The number of aromatic nitrogens is 3. The molecule has 0 bridgehead atoms. The topological polar surface area (TPSA) is 84.2 Å². The van der Waals surface area contributed by atoms with Crippen LogP contribution in [0, 0.1) is 19.7 Å². The largest absolute Gasteiger partial charge is 0.356 e. The fraction of sp³-hybridized carbons (Fsp3) is 0.200. The molecule has 0 radical (unpaired) electrons. The van der Waals surface area contributed by atoms with Crippen molar-refractivity contribution < 1.29 is 13.7 Å². The molecule has 0 atom stereocenters. The van der Waals surface area contributed by atoms with Crippen molar-refractivity contribution in [2.75, 3.05) is 11.9 Å². The molecule has 33 heavy (non-hydrogen) atoms. The molecule has 5 rings (SSSR count). The van der Waals surface area contributed by atoms with Crippen LogP contribution in [0.3, 0.4) is 0 Å². The van der Waals surface area contributed by atoms with E-state index in [9.17, 15) is 9.18 Å². The summed E-state index contributed by atoms with van der Waals surface area (Å²) in [6.07, 6.45) is 0.597. The van der Waals surface area contributed by atoms with E-state index in [1.807, 2.05) is 32.0 Å². The highest BCUT2D eigenvalue weighted by Gasteiger charge is 2.28. The molecule has 0 aliphatic carbocycles. The number of benzene rings is 2. The fourth-order valence-electron chi connectivity index (χ4n) is 4.04. The minimum Gasteiger partial charge on any atom is -0.356 e. The van der Waals surface area contributed by atoms with Gasteiger partial charge in [-0.25, -0.2) is 14.4 Å². The van der Waals surface area contributed by atoms with Gasteiger partial charge in [-0.05, 0) is 62.4 Å². The first-order valence-electron chi connectivity index (χ1n) is 10.7. The Bertz CT molecular complexity index is 1310. The van der Waals surface area contributed by atoms with Gasteiger partial charge in [0.25, 0.3) is 5.91 Å². The van der Waals surface area contributed by atoms with Crippen molar-refractivity contribution in [1.29, 1.82) is 0 Å². The second kappa shape index (κ2) is 8.46. The van der Waals surface area contributed by atoms with Gasteiger partial charge >= 0.3 is 0 Å². The minimum absolute atomic E-state index is 0.0862. The predicted molar refractivity (Wildman–Crippen MR) is 122 cm³/mol. The third kappa shape index (κ3) is 4.32. The van der Waals surface area contributed by atoms with Gasteiger partial charge in [-0.2, -0.15) is 0 Å². The Morgan fingerprint density at radius 1 is 1.06 bits per heavy atom. The molecule has 8 heteroatoms. The highest BCUT2D eigenvalue weighted by Crippen LogP contribution is 2.31. The number of halogens is 1. The molecular formula is C25H22FN5O2. The first-order valence-corrected chi connectivity index (χ1v) is 10.7. The quantitative estimate of drug-likeness (QED) is 0.486. The number of hydrogen-bond donors (Lipinski definition) is 1. The summed E-state index contributed by atoms with van der Waals surface area (Å²) in [5.74, 6) is 0.665. The van der Waals surface area contributed by atoms with Gasteiger partial charge in [0.2, 0.25) is 5.95 Å². The molecule has 4 aromatic rings. The number of aryl methyl sites for hydroxylation is 2. The van der Waals surface area contributed by atoms with Gasteiger partial charge in [0.1, 0.15) is 5.82 Å². The summed E-state index contributed by atoms with van der Waals surface area (Å²) in [4.78, 5) is 23.9. The van der Waals surface area contributed by atoms with Crippen LogP contribution in [-0.2, 0) is 13.0 Å². The van der Waals surface area contributed by atoms with E-state index in [-0.39, 0.29) is 11.7 Å². The summed E-state index contributed by atoms with van der Waals surface area (Å²) >= 11 is 0. The van der Waals surface area contributed by atoms with E-state index >= 15 is 0 Å². The van der Waals surface area contributed by atoms with Crippen molar-refractivity contribution in [2.24, 2.45) is 0 Å². The number of nitrogens with one attached hydrogen (secondary N) is 1. The third-order valence-corrected chi connectivity index (χ3v) is 5.58. The minimum atomic E-state index is -0.316. The maximum absolute atomic E-state index is 13.3. The third-order valence-electron chi connectivity index (χ3n) is 5.58. The maximum Gasteiger partial charge on any atom is 0.254 e. The van der Waals surface area contributed by atoms with Crippen molar-refractivity contribution in [2.45, 2.75) is 26.8 Å². The van der Waals surface area contributed by atoms with Crippen LogP contribution in [-0.4, -0.2) is 32.5 Å². The second-order valence-corrected chi connectivity index (χ2v) is 8.10. The number of carbonyl (C=O) groups excluding carboxylic acids is 1. The highest BCUT2D eigenvalue weighted by molar-refractivity contribution is 5.95. The van der Waals surface area contributed by atoms with Crippen LogP contribution in [0.15, 0.2) is 59.1 Å². The lowest BCUT2D eigenvalue weighted by Crippen LogP contribution is -2.35. The Balaban J connectivity index is 1.36. The number of fused-ring (bicyclic) bond motifs is 1. The number of carbonyl (C=O) groups is 1. The summed E-state index contributed by atoms with van der Waals surface area (Å²) in [6, 6.07) is 15.3. The molecule has 0 spiro atoms. The summed E-state index contributed by atoms with van der Waals surface area (Å²) in [7, 11) is 0. The van der Waals surface area contributed by atoms with Crippen LogP contribution < -0.4 is 5.32 Å². The Morgan fingerprint density at radius 2 is 1.82 bits per heavy atom. The molecule has 166 valence electrons. The lowest BCUT2D eigenvalue weighted by molar-refractivity contribution is 0.0734. The van der Waals surface area contributed by atoms with E-state index in [0.717, 1.165) is 33.9 Å². The van der Waals surface area contributed by atoms with Crippen molar-refractivity contribution >= 4 is 17.5 Å². The molecule has 2 aromatic heterocycles. The Kier molecular flexibility index (Phi) is 5.34. The van der Waals surface area contributed by atoms with Crippen LogP contribution in [0.2, 0.25) is 0 Å². The number of rotatable bonds is 4. The lowest BCUT2D eigenvalue weighted by Gasteiger charge is -2.26. The normalized spacial score (nSPS) is 13.0. The zero-order valence-electron chi connectivity index (χ0n) is 18.3. The number of hydrogen-bond acceptors (Lipinski definition) is 6. The number of nitrogens with zero attached hydrogens (tertiary/aromatic N) is 4. The highest BCUT2D eigenvalue weighted by atomic mass is 19.1. The van der Waals surface area contributed by atoms with Gasteiger partial charge in [0, 0.05) is 46.7 Å². The molecule has 3 heterocycles. The standard InChI is InChI=1S/C25H22FN5O2/c1-15-12-16(2)28-25(27-15)29-20-5-3-4-18(13-20)24(32)31-11-10-22-21(14-31)23(33-30-22)17-6-8-19(26)9-7-17/h3-9,12-13H,10-11,14H2,1-2H3,(H,27,28,29). The van der Waals surface area contributed by atoms with Crippen LogP contribution in [0.4, 0.5) is 16.0 Å². The predicted octanol–water partition coefficient (Wildman–Crippen LogP) is 4.83. The molecule has 0 saturated heterocycles. The second-order valence-electron chi connectivity index (χ2n) is 8.10. The molecule has 7 nitrogen and oxygen atoms in total. The number of anilines is 2. The summed E-state index contributed by atoms with van der Waals surface area (Å²) in [5, 5.41) is 7.35. The van der Waals surface area contributed by atoms with E-state index in [2.05, 4.69) is 20.4 Å². The zero-order chi connectivity index (χ0) is 22.9. The Labute approximate surface area is 190 Å². The van der Waals surface area contributed by atoms with Crippen LogP contribution in [0.25, 0.3) is 11.3 Å². The SMILES string of the molecule is Cc1cc(C)nc(Nc2cccc(C(=O)N3CCc4noc(-c5ccc(F)cc5)c4C3)c2)n1. The van der Waals surface area contributed by atoms with Gasteiger partial charge in [-0.15, -0.1) is 0 Å². The smallest absolute Gasteiger partial charge is 0.254 e. The van der Waals surface area contributed by atoms with Gasteiger partial charge in [-0.1, -0.05) is 11.2 Å². The average molecular weight is 443 g/mol. The van der Waals surface area contributed by atoms with Gasteiger partial charge in [0.15, 0.2) is 5.76 Å². The molecule has 0 fully saturated rings. The molecule has 1 aliphatic heterocycles. The average Bonchev–Trinajstić information content (AvgIpc) is 3.22. The summed E-state index contributed by atoms with van der Waals surface area (Å²) in [5.41, 5.74) is 5.46. The van der Waals surface area contributed by atoms with E-state index in [1.165, 1.54) is 12.1 Å². The molecular weight excluding hydrogens is 421 g/mol. The van der Waals surface area contributed by atoms with E-state index in [1.54, 1.807) is 29.2 Å². The first-order chi connectivity index (χ1) is 16.0. The summed E-state index contributed by atoms with van der Waals surface area (Å²) < 4.78 is 18.9. The molecule has 0 saturated carbocycles. The molecule has 1 amide bonds. The van der Waals surface area contributed by atoms with Crippen molar-refractivity contribution in [3.05, 3.63) is 88.6 Å². The zero-order valence-corrected chi connectivity index (χ0v) is 18.3. The Morgan fingerprint density at radius 3 is 2.58 bits per heavy atom. The van der Waals surface area contributed by atoms with Crippen molar-refractivity contribution in [3.63, 3.8) is 0 Å². The van der Waals surface area contributed by atoms with Gasteiger partial charge in [0.05, 0.1) is 12.2 Å². The van der Waals surface area contributed by atoms with Crippen molar-refractivity contribution in [3.8, 4) is 11.3 Å². The van der Waals surface area contributed by atoms with Crippen LogP contribution in [0.5, 0.6) is 0 Å². The van der Waals surface area contributed by atoms with E-state index in [0.29, 0.717) is 36.8 Å². The van der Waals surface area contributed by atoms with Crippen LogP contribution >= 0.6 is 0 Å². The molecule has 1 aliphatic rings. The summed E-state index contributed by atoms with van der Waals surface area (Å²) in [6.45, 7) is 4.74. The first kappa shape index (κ1) is 20.8.